The maximum Gasteiger partial charge on any atom is 0.228 e. The highest BCUT2D eigenvalue weighted by atomic mass is 16.5. The van der Waals surface area contributed by atoms with Crippen LogP contribution < -0.4 is 15.5 Å². The minimum atomic E-state index is -0.275. The Morgan fingerprint density at radius 2 is 1.68 bits per heavy atom. The summed E-state index contributed by atoms with van der Waals surface area (Å²) in [6.45, 7) is 4.96. The van der Waals surface area contributed by atoms with Gasteiger partial charge in [0.05, 0.1) is 36.4 Å². The van der Waals surface area contributed by atoms with Gasteiger partial charge in [-0.2, -0.15) is 0 Å². The summed E-state index contributed by atoms with van der Waals surface area (Å²) < 4.78 is 5.41. The van der Waals surface area contributed by atoms with Gasteiger partial charge >= 0.3 is 0 Å². The SMILES string of the molecule is Cc1cccc(NC(=O)C2CC2C(=O)Nc2ccccc2N2CCOCC2)c1. The number of hydrogen-bond acceptors (Lipinski definition) is 4. The Balaban J connectivity index is 1.37. The van der Waals surface area contributed by atoms with Gasteiger partial charge < -0.3 is 20.3 Å². The van der Waals surface area contributed by atoms with Gasteiger partial charge in [-0.25, -0.2) is 0 Å². The maximum absolute atomic E-state index is 12.7. The number of rotatable bonds is 5. The van der Waals surface area contributed by atoms with Crippen molar-refractivity contribution >= 4 is 28.9 Å². The van der Waals surface area contributed by atoms with Crippen LogP contribution in [0.4, 0.5) is 17.1 Å². The lowest BCUT2D eigenvalue weighted by Crippen LogP contribution is -2.36. The van der Waals surface area contributed by atoms with E-state index in [4.69, 9.17) is 4.74 Å². The molecule has 1 aliphatic carbocycles. The maximum atomic E-state index is 12.7. The van der Waals surface area contributed by atoms with Crippen LogP contribution in [0.25, 0.3) is 0 Å². The lowest BCUT2D eigenvalue weighted by Gasteiger charge is -2.30. The Hall–Kier alpha value is -2.86. The van der Waals surface area contributed by atoms with E-state index in [9.17, 15) is 9.59 Å². The molecule has 1 saturated heterocycles. The van der Waals surface area contributed by atoms with Crippen molar-refractivity contribution in [2.75, 3.05) is 41.8 Å². The van der Waals surface area contributed by atoms with E-state index in [1.165, 1.54) is 0 Å². The normalized spacial score (nSPS) is 21.1. The second-order valence-electron chi connectivity index (χ2n) is 7.41. The summed E-state index contributed by atoms with van der Waals surface area (Å²) in [7, 11) is 0. The molecule has 6 nitrogen and oxygen atoms in total. The molecular formula is C22H25N3O3. The lowest BCUT2D eigenvalue weighted by molar-refractivity contribution is -0.122. The number of morpholine rings is 1. The van der Waals surface area contributed by atoms with Crippen molar-refractivity contribution in [1.29, 1.82) is 0 Å². The molecule has 4 rings (SSSR count). The smallest absolute Gasteiger partial charge is 0.228 e. The average Bonchev–Trinajstić information content (AvgIpc) is 3.50. The topological polar surface area (TPSA) is 70.7 Å². The number of hydrogen-bond donors (Lipinski definition) is 2. The van der Waals surface area contributed by atoms with Gasteiger partial charge in [-0.3, -0.25) is 9.59 Å². The van der Waals surface area contributed by atoms with Crippen LogP contribution in [0.3, 0.4) is 0 Å². The van der Waals surface area contributed by atoms with Crippen LogP contribution in [0.15, 0.2) is 48.5 Å². The molecule has 28 heavy (non-hydrogen) atoms. The molecule has 1 heterocycles. The quantitative estimate of drug-likeness (QED) is 0.838. The number of aryl methyl sites for hydroxylation is 1. The number of para-hydroxylation sites is 2. The van der Waals surface area contributed by atoms with E-state index in [0.29, 0.717) is 19.6 Å². The Morgan fingerprint density at radius 3 is 2.43 bits per heavy atom. The Bertz CT molecular complexity index is 877. The molecule has 2 aromatic carbocycles. The van der Waals surface area contributed by atoms with E-state index < -0.39 is 0 Å². The summed E-state index contributed by atoms with van der Waals surface area (Å²) >= 11 is 0. The van der Waals surface area contributed by atoms with Crippen molar-refractivity contribution in [3.05, 3.63) is 54.1 Å². The number of amides is 2. The molecule has 1 saturated carbocycles. The van der Waals surface area contributed by atoms with Crippen molar-refractivity contribution < 1.29 is 14.3 Å². The Kier molecular flexibility index (Phi) is 5.30. The van der Waals surface area contributed by atoms with Crippen LogP contribution >= 0.6 is 0 Å². The third kappa shape index (κ3) is 4.17. The van der Waals surface area contributed by atoms with Crippen molar-refractivity contribution in [2.24, 2.45) is 11.8 Å². The highest BCUT2D eigenvalue weighted by Gasteiger charge is 2.48. The van der Waals surface area contributed by atoms with Crippen molar-refractivity contribution in [1.82, 2.24) is 0 Å². The van der Waals surface area contributed by atoms with Gasteiger partial charge in [0.15, 0.2) is 0 Å². The zero-order valence-electron chi connectivity index (χ0n) is 16.0. The zero-order valence-corrected chi connectivity index (χ0v) is 16.0. The van der Waals surface area contributed by atoms with Crippen LogP contribution in [0.1, 0.15) is 12.0 Å². The molecule has 0 spiro atoms. The molecule has 2 amide bonds. The summed E-state index contributed by atoms with van der Waals surface area (Å²) in [4.78, 5) is 27.4. The van der Waals surface area contributed by atoms with Crippen molar-refractivity contribution in [3.63, 3.8) is 0 Å². The monoisotopic (exact) mass is 379 g/mol. The molecule has 2 aromatic rings. The van der Waals surface area contributed by atoms with Crippen LogP contribution in [0.5, 0.6) is 0 Å². The summed E-state index contributed by atoms with van der Waals surface area (Å²) in [5, 5.41) is 5.94. The zero-order chi connectivity index (χ0) is 19.5. The van der Waals surface area contributed by atoms with Gasteiger partial charge in [-0.1, -0.05) is 24.3 Å². The van der Waals surface area contributed by atoms with Gasteiger partial charge in [-0.05, 0) is 43.2 Å². The summed E-state index contributed by atoms with van der Waals surface area (Å²) in [5.41, 5.74) is 3.65. The fourth-order valence-corrected chi connectivity index (χ4v) is 3.62. The number of nitrogens with zero attached hydrogens (tertiary/aromatic N) is 1. The molecular weight excluding hydrogens is 354 g/mol. The highest BCUT2D eigenvalue weighted by molar-refractivity contribution is 6.04. The molecule has 6 heteroatoms. The predicted octanol–water partition coefficient (Wildman–Crippen LogP) is 3.04. The van der Waals surface area contributed by atoms with Gasteiger partial charge in [0, 0.05) is 18.8 Å². The second-order valence-corrected chi connectivity index (χ2v) is 7.41. The summed E-state index contributed by atoms with van der Waals surface area (Å²) in [5.74, 6) is -0.726. The molecule has 2 atom stereocenters. The summed E-state index contributed by atoms with van der Waals surface area (Å²) in [6.07, 6.45) is 0.587. The fraction of sp³-hybridized carbons (Fsp3) is 0.364. The van der Waals surface area contributed by atoms with E-state index in [1.807, 2.05) is 55.5 Å². The fourth-order valence-electron chi connectivity index (χ4n) is 3.62. The average molecular weight is 379 g/mol. The van der Waals surface area contributed by atoms with E-state index in [0.717, 1.165) is 35.7 Å². The molecule has 1 aliphatic heterocycles. The number of benzene rings is 2. The third-order valence-corrected chi connectivity index (χ3v) is 5.26. The molecule has 0 radical (unpaired) electrons. The minimum Gasteiger partial charge on any atom is -0.378 e. The molecule has 0 bridgehead atoms. The first kappa shape index (κ1) is 18.5. The molecule has 2 unspecified atom stereocenters. The molecule has 0 aromatic heterocycles. The Morgan fingerprint density at radius 1 is 0.964 bits per heavy atom. The number of carbonyl (C=O) groups is 2. The highest BCUT2D eigenvalue weighted by Crippen LogP contribution is 2.41. The number of carbonyl (C=O) groups excluding carboxylic acids is 2. The Labute approximate surface area is 164 Å². The largest absolute Gasteiger partial charge is 0.378 e. The molecule has 2 aliphatic rings. The molecule has 2 N–H and O–H groups in total. The standard InChI is InChI=1S/C22H25N3O3/c1-15-5-4-6-16(13-15)23-21(26)17-14-18(17)22(27)24-19-7-2-3-8-20(19)25-9-11-28-12-10-25/h2-8,13,17-18H,9-12,14H2,1H3,(H,23,26)(H,24,27). The van der Waals surface area contributed by atoms with Crippen molar-refractivity contribution in [3.8, 4) is 0 Å². The number of ether oxygens (including phenoxy) is 1. The van der Waals surface area contributed by atoms with E-state index in [-0.39, 0.29) is 23.7 Å². The second kappa shape index (κ2) is 8.02. The molecule has 2 fully saturated rings. The summed E-state index contributed by atoms with van der Waals surface area (Å²) in [6, 6.07) is 15.5. The molecule has 146 valence electrons. The van der Waals surface area contributed by atoms with Gasteiger partial charge in [-0.15, -0.1) is 0 Å². The van der Waals surface area contributed by atoms with Gasteiger partial charge in [0.1, 0.15) is 0 Å². The van der Waals surface area contributed by atoms with Crippen LogP contribution in [-0.4, -0.2) is 38.1 Å². The van der Waals surface area contributed by atoms with Gasteiger partial charge in [0.25, 0.3) is 0 Å². The number of anilines is 3. The van der Waals surface area contributed by atoms with E-state index >= 15 is 0 Å². The van der Waals surface area contributed by atoms with E-state index in [2.05, 4.69) is 15.5 Å². The first-order valence-corrected chi connectivity index (χ1v) is 9.72. The van der Waals surface area contributed by atoms with Gasteiger partial charge in [0.2, 0.25) is 11.8 Å². The van der Waals surface area contributed by atoms with Crippen LogP contribution in [-0.2, 0) is 14.3 Å². The van der Waals surface area contributed by atoms with Crippen LogP contribution in [0, 0.1) is 18.8 Å². The first-order valence-electron chi connectivity index (χ1n) is 9.72. The lowest BCUT2D eigenvalue weighted by atomic mass is 10.2. The first-order chi connectivity index (χ1) is 13.6. The predicted molar refractivity (Wildman–Crippen MR) is 110 cm³/mol. The third-order valence-electron chi connectivity index (χ3n) is 5.26. The van der Waals surface area contributed by atoms with E-state index in [1.54, 1.807) is 0 Å². The van der Waals surface area contributed by atoms with Crippen molar-refractivity contribution in [2.45, 2.75) is 13.3 Å². The minimum absolute atomic E-state index is 0.0905. The van der Waals surface area contributed by atoms with Crippen LogP contribution in [0.2, 0.25) is 0 Å². The number of nitrogens with one attached hydrogen (secondary N) is 2.